The first-order valence-electron chi connectivity index (χ1n) is 16.2. The maximum atomic E-state index is 12.8. The molecule has 4 heteroatoms. The SMILES string of the molecule is CC(C)OC(=O)Oc1ccc(Oc2ccc(C(C)(C)c3ccc(C(C)C)cc3)cc2)c2c1C1c3ccccc3C2c2ccccc21. The largest absolute Gasteiger partial charge is 0.514 e. The Morgan fingerprint density at radius 3 is 1.54 bits per heavy atom. The zero-order chi connectivity index (χ0) is 32.2. The highest BCUT2D eigenvalue weighted by Gasteiger charge is 2.45. The fourth-order valence-electron chi connectivity index (χ4n) is 7.22. The van der Waals surface area contributed by atoms with Crippen molar-refractivity contribution in [2.75, 3.05) is 0 Å². The zero-order valence-corrected chi connectivity index (χ0v) is 27.3. The highest BCUT2D eigenvalue weighted by Crippen LogP contribution is 2.60. The van der Waals surface area contributed by atoms with Crippen LogP contribution in [0.15, 0.2) is 109 Å². The highest BCUT2D eigenvalue weighted by atomic mass is 16.7. The molecule has 0 aromatic heterocycles. The molecule has 0 saturated heterocycles. The van der Waals surface area contributed by atoms with Crippen LogP contribution in [0.2, 0.25) is 0 Å². The normalized spacial score (nSPS) is 16.1. The van der Waals surface area contributed by atoms with E-state index in [1.54, 1.807) is 0 Å². The molecule has 232 valence electrons. The van der Waals surface area contributed by atoms with Gasteiger partial charge >= 0.3 is 6.16 Å². The summed E-state index contributed by atoms with van der Waals surface area (Å²) in [5.41, 5.74) is 10.6. The Balaban J connectivity index is 1.28. The van der Waals surface area contributed by atoms with Gasteiger partial charge in [0.15, 0.2) is 0 Å². The Hall–Kier alpha value is -4.83. The lowest BCUT2D eigenvalue weighted by Gasteiger charge is -2.43. The lowest BCUT2D eigenvalue weighted by atomic mass is 9.60. The molecular formula is C42H40O4. The number of rotatable bonds is 7. The van der Waals surface area contributed by atoms with Crippen LogP contribution in [-0.4, -0.2) is 12.3 Å². The molecule has 5 aromatic carbocycles. The van der Waals surface area contributed by atoms with Crippen LogP contribution in [0.3, 0.4) is 0 Å². The van der Waals surface area contributed by atoms with Gasteiger partial charge in [-0.25, -0.2) is 4.79 Å². The molecule has 3 aliphatic rings. The Kier molecular flexibility index (Phi) is 7.47. The quantitative estimate of drug-likeness (QED) is 0.133. The van der Waals surface area contributed by atoms with E-state index in [2.05, 4.69) is 125 Å². The number of hydrogen-bond donors (Lipinski definition) is 0. The summed E-state index contributed by atoms with van der Waals surface area (Å²) in [7, 11) is 0. The summed E-state index contributed by atoms with van der Waals surface area (Å²) < 4.78 is 18.0. The van der Waals surface area contributed by atoms with Crippen LogP contribution in [-0.2, 0) is 10.2 Å². The van der Waals surface area contributed by atoms with Crippen LogP contribution in [0.1, 0.15) is 109 Å². The zero-order valence-electron chi connectivity index (χ0n) is 27.3. The van der Waals surface area contributed by atoms with Gasteiger partial charge in [-0.3, -0.25) is 0 Å². The minimum Gasteiger partial charge on any atom is -0.457 e. The number of benzene rings is 5. The molecule has 3 aliphatic carbocycles. The van der Waals surface area contributed by atoms with Crippen LogP contribution in [0, 0.1) is 0 Å². The Morgan fingerprint density at radius 1 is 0.609 bits per heavy atom. The summed E-state index contributed by atoms with van der Waals surface area (Å²) >= 11 is 0. The molecule has 4 nitrogen and oxygen atoms in total. The van der Waals surface area contributed by atoms with E-state index in [4.69, 9.17) is 14.2 Å². The Morgan fingerprint density at radius 2 is 1.07 bits per heavy atom. The number of ether oxygens (including phenoxy) is 3. The summed E-state index contributed by atoms with van der Waals surface area (Å²) in [4.78, 5) is 12.8. The number of carbonyl (C=O) groups is 1. The minimum atomic E-state index is -0.703. The van der Waals surface area contributed by atoms with Crippen LogP contribution < -0.4 is 9.47 Å². The van der Waals surface area contributed by atoms with E-state index in [0.29, 0.717) is 11.7 Å². The van der Waals surface area contributed by atoms with E-state index < -0.39 is 6.16 Å². The first-order chi connectivity index (χ1) is 22.1. The van der Waals surface area contributed by atoms with E-state index in [-0.39, 0.29) is 23.4 Å². The van der Waals surface area contributed by atoms with Crippen molar-refractivity contribution in [1.82, 2.24) is 0 Å². The summed E-state index contributed by atoms with van der Waals surface area (Å²) in [5.74, 6) is 2.38. The van der Waals surface area contributed by atoms with Crippen molar-refractivity contribution in [2.45, 2.75) is 70.8 Å². The van der Waals surface area contributed by atoms with Crippen molar-refractivity contribution in [1.29, 1.82) is 0 Å². The van der Waals surface area contributed by atoms with Crippen molar-refractivity contribution >= 4 is 6.16 Å². The monoisotopic (exact) mass is 608 g/mol. The van der Waals surface area contributed by atoms with E-state index in [0.717, 1.165) is 22.6 Å². The second-order valence-corrected chi connectivity index (χ2v) is 13.6. The van der Waals surface area contributed by atoms with Crippen molar-refractivity contribution in [3.63, 3.8) is 0 Å². The molecule has 0 amide bonds. The summed E-state index contributed by atoms with van der Waals surface area (Å²) in [6, 6.07) is 38.3. The molecule has 2 bridgehead atoms. The van der Waals surface area contributed by atoms with E-state index in [1.165, 1.54) is 38.9 Å². The fourth-order valence-corrected chi connectivity index (χ4v) is 7.22. The van der Waals surface area contributed by atoms with Gasteiger partial charge in [-0.15, -0.1) is 0 Å². The molecule has 0 heterocycles. The third-order valence-corrected chi connectivity index (χ3v) is 9.65. The maximum Gasteiger partial charge on any atom is 0.514 e. The van der Waals surface area contributed by atoms with Crippen LogP contribution in [0.25, 0.3) is 0 Å². The standard InChI is InChI=1S/C42H40O4/c1-25(2)27-15-17-28(18-16-27)42(5,6)29-19-21-30(22-20-29)45-35-23-24-36(46-41(43)44-26(3)4)40-38-33-13-9-7-11-31(33)37(39(35)40)32-12-8-10-14-34(32)38/h7-26,37-38H,1-6H3. The van der Waals surface area contributed by atoms with Crippen molar-refractivity contribution < 1.29 is 19.0 Å². The minimum absolute atomic E-state index is 0.0564. The number of hydrogen-bond acceptors (Lipinski definition) is 4. The molecule has 0 unspecified atom stereocenters. The third kappa shape index (κ3) is 5.06. The predicted molar refractivity (Wildman–Crippen MR) is 183 cm³/mol. The van der Waals surface area contributed by atoms with Gasteiger partial charge in [0.05, 0.1) is 6.10 Å². The molecule has 0 fully saturated rings. The first-order valence-corrected chi connectivity index (χ1v) is 16.2. The predicted octanol–water partition coefficient (Wildman–Crippen LogP) is 10.8. The smallest absolute Gasteiger partial charge is 0.457 e. The summed E-state index contributed by atoms with van der Waals surface area (Å²) in [5, 5.41) is 0. The van der Waals surface area contributed by atoms with Crippen molar-refractivity contribution in [2.24, 2.45) is 0 Å². The van der Waals surface area contributed by atoms with Gasteiger partial charge in [0.25, 0.3) is 0 Å². The van der Waals surface area contributed by atoms with E-state index in [9.17, 15) is 4.79 Å². The molecule has 46 heavy (non-hydrogen) atoms. The van der Waals surface area contributed by atoms with E-state index in [1.807, 2.05) is 26.0 Å². The van der Waals surface area contributed by atoms with Gasteiger partial charge < -0.3 is 14.2 Å². The Bertz CT molecular complexity index is 1870. The second kappa shape index (κ2) is 11.5. The summed E-state index contributed by atoms with van der Waals surface area (Å²) in [6.45, 7) is 12.6. The van der Waals surface area contributed by atoms with Crippen LogP contribution >= 0.6 is 0 Å². The van der Waals surface area contributed by atoms with Gasteiger partial charge in [-0.1, -0.05) is 113 Å². The second-order valence-electron chi connectivity index (χ2n) is 13.6. The molecule has 5 aromatic rings. The maximum absolute atomic E-state index is 12.8. The van der Waals surface area contributed by atoms with Gasteiger partial charge in [0.2, 0.25) is 0 Å². The van der Waals surface area contributed by atoms with Gasteiger partial charge in [-0.05, 0) is 83.0 Å². The average Bonchev–Trinajstić information content (AvgIpc) is 3.05. The fraction of sp³-hybridized carbons (Fsp3) is 0.262. The molecule has 0 aliphatic heterocycles. The molecule has 8 rings (SSSR count). The molecular weight excluding hydrogens is 568 g/mol. The Labute approximate surface area is 272 Å². The van der Waals surface area contributed by atoms with E-state index >= 15 is 0 Å². The molecule has 0 atom stereocenters. The van der Waals surface area contributed by atoms with Crippen LogP contribution in [0.4, 0.5) is 4.79 Å². The highest BCUT2D eigenvalue weighted by molar-refractivity contribution is 5.75. The van der Waals surface area contributed by atoms with Crippen LogP contribution in [0.5, 0.6) is 17.2 Å². The van der Waals surface area contributed by atoms with Gasteiger partial charge in [0, 0.05) is 28.4 Å². The first kappa shape index (κ1) is 29.9. The molecule has 0 N–H and O–H groups in total. The number of carbonyl (C=O) groups excluding carboxylic acids is 1. The van der Waals surface area contributed by atoms with Crippen molar-refractivity contribution in [3.05, 3.63) is 159 Å². The lowest BCUT2D eigenvalue weighted by Crippen LogP contribution is -2.29. The topological polar surface area (TPSA) is 44.8 Å². The average molecular weight is 609 g/mol. The lowest BCUT2D eigenvalue weighted by molar-refractivity contribution is 0.0725. The van der Waals surface area contributed by atoms with Gasteiger partial charge in [0.1, 0.15) is 17.2 Å². The van der Waals surface area contributed by atoms with Crippen molar-refractivity contribution in [3.8, 4) is 17.2 Å². The third-order valence-electron chi connectivity index (χ3n) is 9.65. The van der Waals surface area contributed by atoms with Gasteiger partial charge in [-0.2, -0.15) is 0 Å². The molecule has 0 spiro atoms. The molecule has 0 radical (unpaired) electrons. The molecule has 0 saturated carbocycles. The summed E-state index contributed by atoms with van der Waals surface area (Å²) in [6.07, 6.45) is -0.984.